The number of nitrogens with one attached hydrogen (secondary N) is 1. The highest BCUT2D eigenvalue weighted by molar-refractivity contribution is 7.10. The van der Waals surface area contributed by atoms with Crippen LogP contribution in [0.3, 0.4) is 0 Å². The Morgan fingerprint density at radius 3 is 2.91 bits per heavy atom. The van der Waals surface area contributed by atoms with E-state index in [1.54, 1.807) is 0 Å². The molecule has 1 aliphatic rings. The zero-order valence-corrected chi connectivity index (χ0v) is 14.6. The fourth-order valence-electron chi connectivity index (χ4n) is 3.03. The lowest BCUT2D eigenvalue weighted by Crippen LogP contribution is -2.43. The van der Waals surface area contributed by atoms with Crippen molar-refractivity contribution in [1.82, 2.24) is 10.2 Å². The first-order valence-electron chi connectivity index (χ1n) is 7.97. The predicted octanol–water partition coefficient (Wildman–Crippen LogP) is 3.59. The summed E-state index contributed by atoms with van der Waals surface area (Å²) in [6.45, 7) is 2.38. The molecule has 23 heavy (non-hydrogen) atoms. The van der Waals surface area contributed by atoms with Gasteiger partial charge in [0.25, 0.3) is 0 Å². The van der Waals surface area contributed by atoms with E-state index in [0.29, 0.717) is 12.4 Å². The van der Waals surface area contributed by atoms with Crippen LogP contribution in [0.4, 0.5) is 0 Å². The van der Waals surface area contributed by atoms with E-state index < -0.39 is 0 Å². The molecule has 3 rings (SSSR count). The maximum Gasteiger partial charge on any atom is 0.241 e. The van der Waals surface area contributed by atoms with Gasteiger partial charge in [-0.25, -0.2) is 0 Å². The molecule has 1 N–H and O–H groups in total. The monoisotopic (exact) mass is 348 g/mol. The Kier molecular flexibility index (Phi) is 5.70. The van der Waals surface area contributed by atoms with Gasteiger partial charge in [-0.2, -0.15) is 0 Å². The third-order valence-electron chi connectivity index (χ3n) is 4.18. The number of nitrogens with zero attached hydrogens (tertiary/aromatic N) is 1. The molecule has 1 unspecified atom stereocenters. The Morgan fingerprint density at radius 1 is 1.30 bits per heavy atom. The number of halogens is 1. The summed E-state index contributed by atoms with van der Waals surface area (Å²) < 4.78 is 0. The van der Waals surface area contributed by atoms with E-state index in [-0.39, 0.29) is 11.9 Å². The lowest BCUT2D eigenvalue weighted by molar-refractivity contribution is -0.127. The topological polar surface area (TPSA) is 32.3 Å². The fraction of sp³-hybridized carbons (Fsp3) is 0.389. The van der Waals surface area contributed by atoms with E-state index in [4.69, 9.17) is 11.6 Å². The maximum atomic E-state index is 12.8. The van der Waals surface area contributed by atoms with Crippen LogP contribution in [0.25, 0.3) is 0 Å². The zero-order chi connectivity index (χ0) is 16.1. The van der Waals surface area contributed by atoms with Crippen molar-refractivity contribution in [3.05, 3.63) is 57.8 Å². The highest BCUT2D eigenvalue weighted by Crippen LogP contribution is 2.30. The minimum atomic E-state index is -0.237. The van der Waals surface area contributed by atoms with Gasteiger partial charge in [0.15, 0.2) is 0 Å². The van der Waals surface area contributed by atoms with Crippen LogP contribution in [-0.2, 0) is 17.8 Å². The number of hydrogen-bond acceptors (Lipinski definition) is 3. The van der Waals surface area contributed by atoms with Gasteiger partial charge in [0.05, 0.1) is 0 Å². The van der Waals surface area contributed by atoms with Crippen molar-refractivity contribution in [2.75, 3.05) is 19.0 Å². The number of rotatable bonds is 6. The van der Waals surface area contributed by atoms with Gasteiger partial charge in [-0.3, -0.25) is 9.69 Å². The first kappa shape index (κ1) is 16.5. The SMILES string of the molecule is O=C(NCCCCl)C(c1ccccc1)N1CCc2sccc2C1. The molecule has 0 spiro atoms. The van der Waals surface area contributed by atoms with Crippen molar-refractivity contribution in [1.29, 1.82) is 0 Å². The summed E-state index contributed by atoms with van der Waals surface area (Å²) in [7, 11) is 0. The number of carbonyl (C=O) groups excluding carboxylic acids is 1. The Balaban J connectivity index is 1.80. The van der Waals surface area contributed by atoms with Crippen LogP contribution in [0.2, 0.25) is 0 Å². The number of alkyl halides is 1. The van der Waals surface area contributed by atoms with Crippen LogP contribution in [0.15, 0.2) is 41.8 Å². The lowest BCUT2D eigenvalue weighted by Gasteiger charge is -2.34. The van der Waals surface area contributed by atoms with Gasteiger partial charge in [-0.05, 0) is 35.4 Å². The molecule has 0 saturated heterocycles. The van der Waals surface area contributed by atoms with Gasteiger partial charge < -0.3 is 5.32 Å². The van der Waals surface area contributed by atoms with Gasteiger partial charge in [-0.15, -0.1) is 22.9 Å². The molecule has 0 radical (unpaired) electrons. The average Bonchev–Trinajstić information content (AvgIpc) is 3.04. The third-order valence-corrected chi connectivity index (χ3v) is 5.47. The van der Waals surface area contributed by atoms with Crippen molar-refractivity contribution in [3.63, 3.8) is 0 Å². The normalized spacial score (nSPS) is 15.9. The van der Waals surface area contributed by atoms with E-state index in [0.717, 1.165) is 31.5 Å². The van der Waals surface area contributed by atoms with Crippen molar-refractivity contribution in [2.45, 2.75) is 25.4 Å². The zero-order valence-electron chi connectivity index (χ0n) is 13.0. The summed E-state index contributed by atoms with van der Waals surface area (Å²) in [6.07, 6.45) is 1.81. The second-order valence-corrected chi connectivity index (χ2v) is 7.11. The Labute approximate surface area is 146 Å². The highest BCUT2D eigenvalue weighted by Gasteiger charge is 2.30. The molecule has 1 aromatic heterocycles. The van der Waals surface area contributed by atoms with E-state index in [1.807, 2.05) is 41.7 Å². The minimum Gasteiger partial charge on any atom is -0.354 e. The molecule has 1 aliphatic heterocycles. The summed E-state index contributed by atoms with van der Waals surface area (Å²) in [5.74, 6) is 0.637. The second-order valence-electron chi connectivity index (χ2n) is 5.74. The lowest BCUT2D eigenvalue weighted by atomic mass is 10.0. The molecule has 2 aromatic rings. The van der Waals surface area contributed by atoms with Crippen LogP contribution >= 0.6 is 22.9 Å². The molecule has 0 aliphatic carbocycles. The highest BCUT2D eigenvalue weighted by atomic mass is 35.5. The molecule has 0 fully saturated rings. The predicted molar refractivity (Wildman–Crippen MR) is 96.0 cm³/mol. The van der Waals surface area contributed by atoms with Crippen LogP contribution in [0, 0.1) is 0 Å². The van der Waals surface area contributed by atoms with E-state index in [9.17, 15) is 4.79 Å². The molecule has 2 heterocycles. The third kappa shape index (κ3) is 3.94. The molecule has 1 atom stereocenters. The first-order chi connectivity index (χ1) is 11.3. The molecular formula is C18H21ClN2OS. The molecule has 1 aromatic carbocycles. The first-order valence-corrected chi connectivity index (χ1v) is 9.39. The summed E-state index contributed by atoms with van der Waals surface area (Å²) >= 11 is 7.53. The van der Waals surface area contributed by atoms with E-state index in [1.165, 1.54) is 10.4 Å². The van der Waals surface area contributed by atoms with Crippen LogP contribution in [0.1, 0.15) is 28.5 Å². The second kappa shape index (κ2) is 7.95. The van der Waals surface area contributed by atoms with Gasteiger partial charge >= 0.3 is 0 Å². The number of fused-ring (bicyclic) bond motifs is 1. The molecular weight excluding hydrogens is 328 g/mol. The maximum absolute atomic E-state index is 12.8. The van der Waals surface area contributed by atoms with Crippen molar-refractivity contribution in [2.24, 2.45) is 0 Å². The Hall–Kier alpha value is -1.36. The van der Waals surface area contributed by atoms with Crippen LogP contribution in [0.5, 0.6) is 0 Å². The Morgan fingerprint density at radius 2 is 2.13 bits per heavy atom. The average molecular weight is 349 g/mol. The molecule has 5 heteroatoms. The van der Waals surface area contributed by atoms with Gasteiger partial charge in [0, 0.05) is 30.4 Å². The summed E-state index contributed by atoms with van der Waals surface area (Å²) in [5, 5.41) is 5.18. The Bertz CT molecular complexity index is 643. The standard InChI is InChI=1S/C18H21ClN2OS/c19-9-4-10-20-18(22)17(14-5-2-1-3-6-14)21-11-7-16-15(13-21)8-12-23-16/h1-3,5-6,8,12,17H,4,7,9-11,13H2,(H,20,22). The van der Waals surface area contributed by atoms with Crippen molar-refractivity contribution < 1.29 is 4.79 Å². The molecule has 3 nitrogen and oxygen atoms in total. The number of hydrogen-bond donors (Lipinski definition) is 1. The number of thiophene rings is 1. The smallest absolute Gasteiger partial charge is 0.241 e. The number of benzene rings is 1. The van der Waals surface area contributed by atoms with Gasteiger partial charge in [0.1, 0.15) is 6.04 Å². The van der Waals surface area contributed by atoms with Crippen LogP contribution in [-0.4, -0.2) is 29.8 Å². The molecule has 0 saturated carbocycles. The van der Waals surface area contributed by atoms with E-state index >= 15 is 0 Å². The quantitative estimate of drug-likeness (QED) is 0.639. The number of amides is 1. The van der Waals surface area contributed by atoms with Gasteiger partial charge in [0.2, 0.25) is 5.91 Å². The van der Waals surface area contributed by atoms with Gasteiger partial charge in [-0.1, -0.05) is 30.3 Å². The van der Waals surface area contributed by atoms with Crippen molar-refractivity contribution >= 4 is 28.8 Å². The summed E-state index contributed by atoms with van der Waals surface area (Å²) in [4.78, 5) is 16.5. The largest absolute Gasteiger partial charge is 0.354 e. The summed E-state index contributed by atoms with van der Waals surface area (Å²) in [5.41, 5.74) is 2.41. The molecule has 0 bridgehead atoms. The fourth-order valence-corrected chi connectivity index (χ4v) is 4.05. The summed E-state index contributed by atoms with van der Waals surface area (Å²) in [6, 6.07) is 12.0. The van der Waals surface area contributed by atoms with E-state index in [2.05, 4.69) is 21.7 Å². The van der Waals surface area contributed by atoms with Crippen LogP contribution < -0.4 is 5.32 Å². The minimum absolute atomic E-state index is 0.0694. The molecule has 1 amide bonds. The van der Waals surface area contributed by atoms with Crippen molar-refractivity contribution in [3.8, 4) is 0 Å². The number of carbonyl (C=O) groups is 1. The molecule has 122 valence electrons.